The van der Waals surface area contributed by atoms with E-state index in [1.165, 1.54) is 10.4 Å². The predicted octanol–water partition coefficient (Wildman–Crippen LogP) is 1.41. The Morgan fingerprint density at radius 1 is 1.75 bits per heavy atom. The van der Waals surface area contributed by atoms with Gasteiger partial charge in [0.1, 0.15) is 0 Å². The summed E-state index contributed by atoms with van der Waals surface area (Å²) in [5.74, 6) is 0. The number of hydrogen-bond acceptors (Lipinski definition) is 3. The van der Waals surface area contributed by atoms with E-state index in [1.54, 1.807) is 11.3 Å². The van der Waals surface area contributed by atoms with E-state index in [2.05, 4.69) is 5.32 Å². The van der Waals surface area contributed by atoms with Crippen molar-refractivity contribution in [2.24, 2.45) is 0 Å². The van der Waals surface area contributed by atoms with Crippen LogP contribution in [0.15, 0.2) is 6.07 Å². The molecule has 1 atom stereocenters. The number of hydrogen-bond donors (Lipinski definition) is 2. The molecule has 2 N–H and O–H groups in total. The summed E-state index contributed by atoms with van der Waals surface area (Å²) in [7, 11) is 0. The molecule has 2 heterocycles. The first-order valence-electron chi connectivity index (χ1n) is 3.91. The van der Waals surface area contributed by atoms with Crippen LogP contribution in [-0.4, -0.2) is 17.8 Å². The molecule has 2 rings (SSSR count). The molecule has 0 spiro atoms. The fourth-order valence-corrected chi connectivity index (χ4v) is 2.83. The van der Waals surface area contributed by atoms with Crippen molar-refractivity contribution in [1.82, 2.24) is 5.32 Å². The summed E-state index contributed by atoms with van der Waals surface area (Å²) in [6.07, 6.45) is 0.906. The van der Waals surface area contributed by atoms with Crippen LogP contribution in [0, 0.1) is 0 Å². The molecule has 1 aliphatic rings. The Balaban J connectivity index is 2.22. The molecule has 1 aliphatic heterocycles. The topological polar surface area (TPSA) is 32.3 Å². The van der Waals surface area contributed by atoms with Gasteiger partial charge >= 0.3 is 0 Å². The van der Waals surface area contributed by atoms with Crippen LogP contribution in [-0.2, 0) is 13.0 Å². The third-order valence-corrected chi connectivity index (χ3v) is 3.43. The van der Waals surface area contributed by atoms with E-state index in [4.69, 9.17) is 16.7 Å². The Hall–Kier alpha value is -0.0900. The Bertz CT molecular complexity index is 287. The van der Waals surface area contributed by atoms with Crippen LogP contribution in [0.2, 0.25) is 4.34 Å². The van der Waals surface area contributed by atoms with Crippen molar-refractivity contribution in [3.8, 4) is 0 Å². The predicted molar refractivity (Wildman–Crippen MR) is 50.7 cm³/mol. The normalized spacial score (nSPS) is 22.3. The molecular weight excluding hydrogens is 194 g/mol. The molecule has 12 heavy (non-hydrogen) atoms. The molecule has 0 amide bonds. The minimum absolute atomic E-state index is 0.203. The number of thiophene rings is 1. The summed E-state index contributed by atoms with van der Waals surface area (Å²) in [6.45, 7) is 1.04. The second-order valence-corrected chi connectivity index (χ2v) is 4.73. The van der Waals surface area contributed by atoms with Gasteiger partial charge in [-0.15, -0.1) is 11.3 Å². The molecule has 1 aromatic rings. The quantitative estimate of drug-likeness (QED) is 0.724. The summed E-state index contributed by atoms with van der Waals surface area (Å²) in [4.78, 5) is 1.32. The molecule has 1 aromatic heterocycles. The Morgan fingerprint density at radius 2 is 2.58 bits per heavy atom. The monoisotopic (exact) mass is 203 g/mol. The maximum atomic E-state index is 8.93. The van der Waals surface area contributed by atoms with Crippen molar-refractivity contribution in [1.29, 1.82) is 0 Å². The van der Waals surface area contributed by atoms with E-state index in [0.29, 0.717) is 0 Å². The van der Waals surface area contributed by atoms with Gasteiger partial charge in [0.05, 0.1) is 10.9 Å². The van der Waals surface area contributed by atoms with E-state index in [0.717, 1.165) is 17.3 Å². The fraction of sp³-hybridized carbons (Fsp3) is 0.500. The molecule has 4 heteroatoms. The molecule has 0 bridgehead atoms. The van der Waals surface area contributed by atoms with Gasteiger partial charge in [-0.2, -0.15) is 0 Å². The molecule has 1 unspecified atom stereocenters. The zero-order chi connectivity index (χ0) is 8.55. The van der Waals surface area contributed by atoms with Gasteiger partial charge in [0.25, 0.3) is 0 Å². The third-order valence-electron chi connectivity index (χ3n) is 2.10. The summed E-state index contributed by atoms with van der Waals surface area (Å²) < 4.78 is 0.848. The van der Waals surface area contributed by atoms with Crippen LogP contribution in [0.3, 0.4) is 0 Å². The van der Waals surface area contributed by atoms with Crippen molar-refractivity contribution >= 4 is 22.9 Å². The molecule has 0 radical (unpaired) electrons. The number of aliphatic hydroxyl groups excluding tert-OH is 1. The Labute approximate surface area is 80.2 Å². The largest absolute Gasteiger partial charge is 0.395 e. The van der Waals surface area contributed by atoms with Crippen LogP contribution >= 0.6 is 22.9 Å². The SMILES string of the molecule is OCC1Cc2sc(Cl)cc2CN1. The molecule has 2 nitrogen and oxygen atoms in total. The van der Waals surface area contributed by atoms with Crippen molar-refractivity contribution in [3.63, 3.8) is 0 Å². The minimum atomic E-state index is 0.203. The number of rotatable bonds is 1. The highest BCUT2D eigenvalue weighted by Gasteiger charge is 2.19. The van der Waals surface area contributed by atoms with Crippen molar-refractivity contribution < 1.29 is 5.11 Å². The van der Waals surface area contributed by atoms with Crippen molar-refractivity contribution in [2.75, 3.05) is 6.61 Å². The number of aliphatic hydroxyl groups is 1. The average Bonchev–Trinajstić information content (AvgIpc) is 2.43. The second kappa shape index (κ2) is 3.34. The van der Waals surface area contributed by atoms with E-state index in [-0.39, 0.29) is 12.6 Å². The highest BCUT2D eigenvalue weighted by Crippen LogP contribution is 2.29. The van der Waals surface area contributed by atoms with E-state index in [1.807, 2.05) is 6.07 Å². The summed E-state index contributed by atoms with van der Waals surface area (Å²) in [6, 6.07) is 2.22. The van der Waals surface area contributed by atoms with E-state index in [9.17, 15) is 0 Å². The summed E-state index contributed by atoms with van der Waals surface area (Å²) in [5.41, 5.74) is 1.29. The van der Waals surface area contributed by atoms with Crippen LogP contribution in [0.4, 0.5) is 0 Å². The van der Waals surface area contributed by atoms with Gasteiger partial charge in [-0.3, -0.25) is 0 Å². The maximum absolute atomic E-state index is 8.93. The van der Waals surface area contributed by atoms with Gasteiger partial charge < -0.3 is 10.4 Å². The van der Waals surface area contributed by atoms with Gasteiger partial charge in [0, 0.05) is 17.5 Å². The summed E-state index contributed by atoms with van der Waals surface area (Å²) >= 11 is 7.49. The van der Waals surface area contributed by atoms with Gasteiger partial charge in [-0.05, 0) is 18.1 Å². The van der Waals surface area contributed by atoms with E-state index >= 15 is 0 Å². The minimum Gasteiger partial charge on any atom is -0.395 e. The average molecular weight is 204 g/mol. The lowest BCUT2D eigenvalue weighted by atomic mass is 10.1. The standard InChI is InChI=1S/C8H10ClNOS/c9-8-1-5-3-10-6(4-11)2-7(5)12-8/h1,6,10-11H,2-4H2. The molecule has 0 fully saturated rings. The number of fused-ring (bicyclic) bond motifs is 1. The molecule has 0 aromatic carbocycles. The lowest BCUT2D eigenvalue weighted by molar-refractivity contribution is 0.237. The van der Waals surface area contributed by atoms with E-state index < -0.39 is 0 Å². The number of halogens is 1. The highest BCUT2D eigenvalue weighted by atomic mass is 35.5. The first kappa shape index (κ1) is 8.51. The van der Waals surface area contributed by atoms with Crippen LogP contribution in [0.5, 0.6) is 0 Å². The van der Waals surface area contributed by atoms with Gasteiger partial charge in [-0.25, -0.2) is 0 Å². The summed E-state index contributed by atoms with van der Waals surface area (Å²) in [5, 5.41) is 12.2. The molecule has 0 saturated carbocycles. The van der Waals surface area contributed by atoms with Crippen LogP contribution in [0.25, 0.3) is 0 Å². The molecular formula is C8H10ClNOS. The molecule has 66 valence electrons. The third kappa shape index (κ3) is 1.50. The zero-order valence-corrected chi connectivity index (χ0v) is 8.08. The zero-order valence-electron chi connectivity index (χ0n) is 6.51. The van der Waals surface area contributed by atoms with Crippen molar-refractivity contribution in [3.05, 3.63) is 20.8 Å². The van der Waals surface area contributed by atoms with Crippen molar-refractivity contribution in [2.45, 2.75) is 19.0 Å². The Kier molecular flexibility index (Phi) is 2.37. The van der Waals surface area contributed by atoms with Crippen LogP contribution in [0.1, 0.15) is 10.4 Å². The Morgan fingerprint density at radius 3 is 3.33 bits per heavy atom. The van der Waals surface area contributed by atoms with Gasteiger partial charge in [0.2, 0.25) is 0 Å². The maximum Gasteiger partial charge on any atom is 0.0934 e. The first-order chi connectivity index (χ1) is 5.79. The lowest BCUT2D eigenvalue weighted by Gasteiger charge is -2.21. The second-order valence-electron chi connectivity index (χ2n) is 2.96. The number of nitrogens with one attached hydrogen (secondary N) is 1. The fourth-order valence-electron chi connectivity index (χ4n) is 1.43. The smallest absolute Gasteiger partial charge is 0.0934 e. The van der Waals surface area contributed by atoms with Gasteiger partial charge in [0.15, 0.2) is 0 Å². The molecule has 0 saturated heterocycles. The lowest BCUT2D eigenvalue weighted by Crippen LogP contribution is -2.37. The van der Waals surface area contributed by atoms with Crippen LogP contribution < -0.4 is 5.32 Å². The highest BCUT2D eigenvalue weighted by molar-refractivity contribution is 7.16. The van der Waals surface area contributed by atoms with Gasteiger partial charge in [-0.1, -0.05) is 11.6 Å². The molecule has 0 aliphatic carbocycles. The first-order valence-corrected chi connectivity index (χ1v) is 5.10.